The van der Waals surface area contributed by atoms with E-state index in [1.54, 1.807) is 11.8 Å². The van der Waals surface area contributed by atoms with Gasteiger partial charge in [0.25, 0.3) is 0 Å². The molecule has 3 nitrogen and oxygen atoms in total. The minimum absolute atomic E-state index is 0.0575. The minimum Gasteiger partial charge on any atom is -0.391 e. The van der Waals surface area contributed by atoms with Crippen LogP contribution in [0, 0.1) is 5.92 Å². The van der Waals surface area contributed by atoms with Crippen LogP contribution in [-0.4, -0.2) is 40.4 Å². The van der Waals surface area contributed by atoms with Crippen LogP contribution in [-0.2, 0) is 4.79 Å². The van der Waals surface area contributed by atoms with Gasteiger partial charge in [-0.25, -0.2) is 0 Å². The van der Waals surface area contributed by atoms with E-state index in [2.05, 4.69) is 15.9 Å². The van der Waals surface area contributed by atoms with Gasteiger partial charge in [0.15, 0.2) is 0 Å². The lowest BCUT2D eigenvalue weighted by Crippen LogP contribution is -2.46. The zero-order valence-corrected chi connectivity index (χ0v) is 8.75. The molecule has 0 aromatic carbocycles. The molecule has 2 unspecified atom stereocenters. The Kier molecular flexibility index (Phi) is 3.53. The van der Waals surface area contributed by atoms with Crippen LogP contribution in [0.3, 0.4) is 0 Å². The van der Waals surface area contributed by atoms with E-state index in [1.807, 2.05) is 0 Å². The number of hydrogen-bond donors (Lipinski definition) is 1. The fourth-order valence-corrected chi connectivity index (χ4v) is 2.20. The number of aliphatic hydroxyl groups excluding tert-OH is 1. The van der Waals surface area contributed by atoms with E-state index in [-0.39, 0.29) is 12.0 Å². The maximum atomic E-state index is 10.9. The predicted molar refractivity (Wildman–Crippen MR) is 50.2 cm³/mol. The van der Waals surface area contributed by atoms with Crippen LogP contribution in [0.4, 0.5) is 0 Å². The van der Waals surface area contributed by atoms with Crippen molar-refractivity contribution in [3.63, 3.8) is 0 Å². The van der Waals surface area contributed by atoms with Crippen molar-refractivity contribution in [2.75, 3.05) is 18.4 Å². The number of rotatable bonds is 1. The Morgan fingerprint density at radius 2 is 2.42 bits per heavy atom. The first-order chi connectivity index (χ1) is 5.65. The van der Waals surface area contributed by atoms with Crippen LogP contribution in [0.1, 0.15) is 13.3 Å². The molecule has 0 aliphatic carbocycles. The van der Waals surface area contributed by atoms with Crippen LogP contribution in [0.15, 0.2) is 0 Å². The number of aliphatic hydroxyl groups is 1. The molecule has 0 saturated carbocycles. The summed E-state index contributed by atoms with van der Waals surface area (Å²) in [6, 6.07) is 0. The maximum Gasteiger partial charge on any atom is 0.219 e. The number of carbonyl (C=O) groups excluding carboxylic acids is 1. The first kappa shape index (κ1) is 9.99. The topological polar surface area (TPSA) is 40.5 Å². The second kappa shape index (κ2) is 4.23. The van der Waals surface area contributed by atoms with E-state index in [4.69, 9.17) is 0 Å². The molecule has 2 atom stereocenters. The molecule has 1 fully saturated rings. The summed E-state index contributed by atoms with van der Waals surface area (Å²) in [5.74, 6) is 0.364. The molecule has 0 aromatic heterocycles. The Bertz CT molecular complexity index is 174. The summed E-state index contributed by atoms with van der Waals surface area (Å²) in [4.78, 5) is 12.6. The molecule has 70 valence electrons. The number of nitrogens with zero attached hydrogens (tertiary/aromatic N) is 1. The minimum atomic E-state index is -0.359. The second-order valence-corrected chi connectivity index (χ2v) is 3.88. The average molecular weight is 236 g/mol. The zero-order chi connectivity index (χ0) is 9.14. The molecule has 12 heavy (non-hydrogen) atoms. The lowest BCUT2D eigenvalue weighted by molar-refractivity contribution is -0.132. The smallest absolute Gasteiger partial charge is 0.219 e. The number of halogens is 1. The van der Waals surface area contributed by atoms with Crippen molar-refractivity contribution in [2.24, 2.45) is 5.92 Å². The first-order valence-electron chi connectivity index (χ1n) is 4.14. The summed E-state index contributed by atoms with van der Waals surface area (Å²) in [5, 5.41) is 10.4. The van der Waals surface area contributed by atoms with E-state index < -0.39 is 0 Å². The third-order valence-electron chi connectivity index (χ3n) is 2.36. The highest BCUT2D eigenvalue weighted by molar-refractivity contribution is 9.09. The van der Waals surface area contributed by atoms with Crippen molar-refractivity contribution >= 4 is 21.8 Å². The SMILES string of the molecule is CC(=O)N1CCC(CBr)C(O)C1. The number of amides is 1. The highest BCUT2D eigenvalue weighted by atomic mass is 79.9. The van der Waals surface area contributed by atoms with Gasteiger partial charge < -0.3 is 10.0 Å². The number of hydrogen-bond acceptors (Lipinski definition) is 2. The normalized spacial score (nSPS) is 30.4. The van der Waals surface area contributed by atoms with Gasteiger partial charge in [0.05, 0.1) is 6.10 Å². The lowest BCUT2D eigenvalue weighted by Gasteiger charge is -2.34. The quantitative estimate of drug-likeness (QED) is 0.677. The Morgan fingerprint density at radius 1 is 1.75 bits per heavy atom. The standard InChI is InChI=1S/C8H14BrNO2/c1-6(11)10-3-2-7(4-9)8(12)5-10/h7-8,12H,2-5H2,1H3. The van der Waals surface area contributed by atoms with E-state index >= 15 is 0 Å². The largest absolute Gasteiger partial charge is 0.391 e. The van der Waals surface area contributed by atoms with Crippen molar-refractivity contribution in [1.29, 1.82) is 0 Å². The summed E-state index contributed by atoms with van der Waals surface area (Å²) < 4.78 is 0. The Morgan fingerprint density at radius 3 is 2.83 bits per heavy atom. The summed E-state index contributed by atoms with van der Waals surface area (Å²) in [6.07, 6.45) is 0.536. The van der Waals surface area contributed by atoms with Crippen LogP contribution in [0.5, 0.6) is 0 Å². The summed E-state index contributed by atoms with van der Waals surface area (Å²) in [5.41, 5.74) is 0. The number of carbonyl (C=O) groups is 1. The van der Waals surface area contributed by atoms with Gasteiger partial charge >= 0.3 is 0 Å². The van der Waals surface area contributed by atoms with Gasteiger partial charge in [0, 0.05) is 25.3 Å². The number of likely N-dealkylation sites (tertiary alicyclic amines) is 1. The Hall–Kier alpha value is -0.0900. The van der Waals surface area contributed by atoms with Crippen molar-refractivity contribution in [3.05, 3.63) is 0 Å². The molecule has 0 bridgehead atoms. The fourth-order valence-electron chi connectivity index (χ4n) is 1.45. The molecular weight excluding hydrogens is 222 g/mol. The lowest BCUT2D eigenvalue weighted by atomic mass is 9.96. The van der Waals surface area contributed by atoms with E-state index in [0.717, 1.165) is 18.3 Å². The summed E-state index contributed by atoms with van der Waals surface area (Å²) in [7, 11) is 0. The van der Waals surface area contributed by atoms with Crippen LogP contribution >= 0.6 is 15.9 Å². The third kappa shape index (κ3) is 2.20. The van der Waals surface area contributed by atoms with E-state index in [0.29, 0.717) is 12.5 Å². The zero-order valence-electron chi connectivity index (χ0n) is 7.16. The molecule has 1 N–H and O–H groups in total. The van der Waals surface area contributed by atoms with Crippen LogP contribution < -0.4 is 0 Å². The predicted octanol–water partition coefficient (Wildman–Crippen LogP) is 0.611. The van der Waals surface area contributed by atoms with Crippen molar-refractivity contribution in [1.82, 2.24) is 4.90 Å². The highest BCUT2D eigenvalue weighted by Gasteiger charge is 2.27. The highest BCUT2D eigenvalue weighted by Crippen LogP contribution is 2.19. The third-order valence-corrected chi connectivity index (χ3v) is 3.20. The average Bonchev–Trinajstić information content (AvgIpc) is 2.04. The van der Waals surface area contributed by atoms with Crippen LogP contribution in [0.2, 0.25) is 0 Å². The van der Waals surface area contributed by atoms with Crippen molar-refractivity contribution < 1.29 is 9.90 Å². The van der Waals surface area contributed by atoms with Gasteiger partial charge in [-0.3, -0.25) is 4.79 Å². The van der Waals surface area contributed by atoms with Gasteiger partial charge in [-0.05, 0) is 12.3 Å². The number of alkyl halides is 1. The van der Waals surface area contributed by atoms with Crippen LogP contribution in [0.25, 0.3) is 0 Å². The molecule has 1 rings (SSSR count). The van der Waals surface area contributed by atoms with Crippen molar-refractivity contribution in [2.45, 2.75) is 19.4 Å². The Labute approximate surface area is 80.9 Å². The molecule has 1 aliphatic rings. The molecule has 0 radical (unpaired) electrons. The molecule has 1 saturated heterocycles. The molecule has 1 heterocycles. The van der Waals surface area contributed by atoms with E-state index in [9.17, 15) is 9.90 Å². The molecule has 1 aliphatic heterocycles. The molecule has 1 amide bonds. The molecule has 0 spiro atoms. The summed E-state index contributed by atoms with van der Waals surface area (Å²) >= 11 is 3.34. The number of β-amino-alcohol motifs (C(OH)–C–C–N with tert-alkyl or cyclic N) is 1. The van der Waals surface area contributed by atoms with Crippen molar-refractivity contribution in [3.8, 4) is 0 Å². The van der Waals surface area contributed by atoms with Gasteiger partial charge in [-0.1, -0.05) is 15.9 Å². The first-order valence-corrected chi connectivity index (χ1v) is 5.27. The van der Waals surface area contributed by atoms with E-state index in [1.165, 1.54) is 0 Å². The monoisotopic (exact) mass is 235 g/mol. The number of piperidine rings is 1. The molecular formula is C8H14BrNO2. The Balaban J connectivity index is 2.46. The fraction of sp³-hybridized carbons (Fsp3) is 0.875. The maximum absolute atomic E-state index is 10.9. The molecule has 0 aromatic rings. The summed E-state index contributed by atoms with van der Waals surface area (Å²) in [6.45, 7) is 2.81. The van der Waals surface area contributed by atoms with Gasteiger partial charge in [-0.2, -0.15) is 0 Å². The van der Waals surface area contributed by atoms with Gasteiger partial charge in [0.1, 0.15) is 0 Å². The second-order valence-electron chi connectivity index (χ2n) is 3.24. The van der Waals surface area contributed by atoms with Gasteiger partial charge in [-0.15, -0.1) is 0 Å². The molecule has 4 heteroatoms. The van der Waals surface area contributed by atoms with Gasteiger partial charge in [0.2, 0.25) is 5.91 Å².